The van der Waals surface area contributed by atoms with E-state index >= 15 is 0 Å². The molecule has 0 spiro atoms. The SMILES string of the molecule is CCC(=O)N1CCN(c2cc(N3CCN(C)CC3)ncn2)CC1. The number of anilines is 2. The molecule has 2 aliphatic rings. The molecule has 2 fully saturated rings. The van der Waals surface area contributed by atoms with Gasteiger partial charge < -0.3 is 19.6 Å². The minimum atomic E-state index is 0.241. The second-order valence-electron chi connectivity index (χ2n) is 6.25. The highest BCUT2D eigenvalue weighted by atomic mass is 16.2. The van der Waals surface area contributed by atoms with E-state index in [-0.39, 0.29) is 5.91 Å². The first-order chi connectivity index (χ1) is 11.2. The molecule has 0 aliphatic carbocycles. The summed E-state index contributed by atoms with van der Waals surface area (Å²) in [5.74, 6) is 2.22. The number of piperazine rings is 2. The lowest BCUT2D eigenvalue weighted by Crippen LogP contribution is -2.49. The quantitative estimate of drug-likeness (QED) is 0.798. The van der Waals surface area contributed by atoms with Crippen molar-refractivity contribution in [3.63, 3.8) is 0 Å². The molecule has 2 saturated heterocycles. The minimum Gasteiger partial charge on any atom is -0.354 e. The molecule has 0 aromatic carbocycles. The number of carbonyl (C=O) groups is 1. The van der Waals surface area contributed by atoms with Crippen LogP contribution in [-0.4, -0.2) is 85.1 Å². The van der Waals surface area contributed by atoms with Crippen LogP contribution in [-0.2, 0) is 4.79 Å². The Morgan fingerprint density at radius 3 is 2.00 bits per heavy atom. The molecule has 0 saturated carbocycles. The Kier molecular flexibility index (Phi) is 4.95. The number of aromatic nitrogens is 2. The Morgan fingerprint density at radius 2 is 1.48 bits per heavy atom. The van der Waals surface area contributed by atoms with Crippen molar-refractivity contribution in [3.05, 3.63) is 12.4 Å². The van der Waals surface area contributed by atoms with Gasteiger partial charge in [-0.1, -0.05) is 6.92 Å². The van der Waals surface area contributed by atoms with Crippen LogP contribution < -0.4 is 9.80 Å². The molecular weight excluding hydrogens is 292 g/mol. The van der Waals surface area contributed by atoms with E-state index in [4.69, 9.17) is 0 Å². The fourth-order valence-electron chi connectivity index (χ4n) is 3.13. The molecule has 0 bridgehead atoms. The summed E-state index contributed by atoms with van der Waals surface area (Å²) in [5.41, 5.74) is 0. The summed E-state index contributed by atoms with van der Waals surface area (Å²) in [7, 11) is 2.15. The second-order valence-corrected chi connectivity index (χ2v) is 6.25. The molecule has 2 aliphatic heterocycles. The van der Waals surface area contributed by atoms with Crippen molar-refractivity contribution in [2.75, 3.05) is 69.2 Å². The first-order valence-electron chi connectivity index (χ1n) is 8.45. The Morgan fingerprint density at radius 1 is 0.957 bits per heavy atom. The first-order valence-corrected chi connectivity index (χ1v) is 8.45. The van der Waals surface area contributed by atoms with Gasteiger partial charge in [-0.2, -0.15) is 0 Å². The summed E-state index contributed by atoms with van der Waals surface area (Å²) in [6, 6.07) is 2.09. The summed E-state index contributed by atoms with van der Waals surface area (Å²) >= 11 is 0. The molecule has 0 unspecified atom stereocenters. The van der Waals surface area contributed by atoms with Gasteiger partial charge in [-0.25, -0.2) is 9.97 Å². The zero-order chi connectivity index (χ0) is 16.2. The van der Waals surface area contributed by atoms with Crippen molar-refractivity contribution in [3.8, 4) is 0 Å². The number of amides is 1. The predicted molar refractivity (Wildman–Crippen MR) is 90.8 cm³/mol. The Balaban J connectivity index is 1.63. The molecule has 1 aromatic rings. The molecule has 3 heterocycles. The average Bonchev–Trinajstić information content (AvgIpc) is 2.62. The molecule has 3 rings (SSSR count). The molecule has 0 N–H and O–H groups in total. The fraction of sp³-hybridized carbons (Fsp3) is 0.688. The fourth-order valence-corrected chi connectivity index (χ4v) is 3.13. The Hall–Kier alpha value is -1.89. The average molecular weight is 318 g/mol. The van der Waals surface area contributed by atoms with Crippen LogP contribution in [0.4, 0.5) is 11.6 Å². The summed E-state index contributed by atoms with van der Waals surface area (Å²) in [5, 5.41) is 0. The third-order valence-corrected chi connectivity index (χ3v) is 4.72. The van der Waals surface area contributed by atoms with Crippen molar-refractivity contribution in [1.82, 2.24) is 19.8 Å². The lowest BCUT2D eigenvalue weighted by atomic mass is 10.2. The predicted octanol–water partition coefficient (Wildman–Crippen LogP) is 0.287. The van der Waals surface area contributed by atoms with Gasteiger partial charge in [-0.3, -0.25) is 4.79 Å². The Labute approximate surface area is 137 Å². The number of nitrogens with zero attached hydrogens (tertiary/aromatic N) is 6. The molecule has 23 heavy (non-hydrogen) atoms. The maximum absolute atomic E-state index is 11.8. The van der Waals surface area contributed by atoms with Gasteiger partial charge in [-0.15, -0.1) is 0 Å². The summed E-state index contributed by atoms with van der Waals surface area (Å²) in [6.45, 7) is 9.30. The maximum atomic E-state index is 11.8. The molecule has 0 atom stereocenters. The highest BCUT2D eigenvalue weighted by molar-refractivity contribution is 5.76. The standard InChI is InChI=1S/C16H26N6O/c1-3-16(23)22-10-8-21(9-11-22)15-12-14(17-13-18-15)20-6-4-19(2)5-7-20/h12-13H,3-11H2,1-2H3. The third-order valence-electron chi connectivity index (χ3n) is 4.72. The maximum Gasteiger partial charge on any atom is 0.222 e. The van der Waals surface area contributed by atoms with E-state index in [2.05, 4.69) is 37.8 Å². The number of likely N-dealkylation sites (N-methyl/N-ethyl adjacent to an activating group) is 1. The van der Waals surface area contributed by atoms with Gasteiger partial charge in [0.15, 0.2) is 0 Å². The van der Waals surface area contributed by atoms with E-state index in [0.29, 0.717) is 6.42 Å². The molecule has 0 radical (unpaired) electrons. The van der Waals surface area contributed by atoms with Crippen LogP contribution in [0.25, 0.3) is 0 Å². The van der Waals surface area contributed by atoms with Crippen molar-refractivity contribution >= 4 is 17.5 Å². The highest BCUT2D eigenvalue weighted by Crippen LogP contribution is 2.20. The van der Waals surface area contributed by atoms with Crippen molar-refractivity contribution in [1.29, 1.82) is 0 Å². The third kappa shape index (κ3) is 3.72. The monoisotopic (exact) mass is 318 g/mol. The van der Waals surface area contributed by atoms with E-state index in [1.54, 1.807) is 6.33 Å². The lowest BCUT2D eigenvalue weighted by molar-refractivity contribution is -0.131. The van der Waals surface area contributed by atoms with E-state index in [1.807, 2.05) is 11.8 Å². The topological polar surface area (TPSA) is 55.8 Å². The van der Waals surface area contributed by atoms with Gasteiger partial charge in [0.2, 0.25) is 5.91 Å². The van der Waals surface area contributed by atoms with Crippen LogP contribution in [0.15, 0.2) is 12.4 Å². The summed E-state index contributed by atoms with van der Waals surface area (Å²) in [4.78, 5) is 29.5. The summed E-state index contributed by atoms with van der Waals surface area (Å²) < 4.78 is 0. The van der Waals surface area contributed by atoms with Gasteiger partial charge >= 0.3 is 0 Å². The first kappa shape index (κ1) is 16.0. The van der Waals surface area contributed by atoms with Crippen LogP contribution >= 0.6 is 0 Å². The van der Waals surface area contributed by atoms with Gasteiger partial charge in [0.05, 0.1) is 0 Å². The van der Waals surface area contributed by atoms with Gasteiger partial charge in [0.1, 0.15) is 18.0 Å². The molecule has 7 heteroatoms. The second kappa shape index (κ2) is 7.12. The molecule has 1 amide bonds. The van der Waals surface area contributed by atoms with E-state index in [0.717, 1.165) is 64.0 Å². The molecule has 7 nitrogen and oxygen atoms in total. The zero-order valence-electron chi connectivity index (χ0n) is 14.1. The molecular formula is C16H26N6O. The minimum absolute atomic E-state index is 0.241. The van der Waals surface area contributed by atoms with Crippen LogP contribution in [0.1, 0.15) is 13.3 Å². The largest absolute Gasteiger partial charge is 0.354 e. The van der Waals surface area contributed by atoms with Crippen LogP contribution in [0.2, 0.25) is 0 Å². The van der Waals surface area contributed by atoms with Crippen LogP contribution in [0, 0.1) is 0 Å². The Bertz CT molecular complexity index is 535. The van der Waals surface area contributed by atoms with E-state index in [1.165, 1.54) is 0 Å². The van der Waals surface area contributed by atoms with E-state index in [9.17, 15) is 4.79 Å². The van der Waals surface area contributed by atoms with Crippen molar-refractivity contribution in [2.24, 2.45) is 0 Å². The van der Waals surface area contributed by atoms with Crippen LogP contribution in [0.3, 0.4) is 0 Å². The zero-order valence-corrected chi connectivity index (χ0v) is 14.1. The van der Waals surface area contributed by atoms with Gasteiger partial charge in [0, 0.05) is 64.8 Å². The molecule has 1 aromatic heterocycles. The summed E-state index contributed by atoms with van der Waals surface area (Å²) in [6.07, 6.45) is 2.24. The number of hydrogen-bond acceptors (Lipinski definition) is 6. The normalized spacial score (nSPS) is 20.0. The van der Waals surface area contributed by atoms with Crippen molar-refractivity contribution < 1.29 is 4.79 Å². The lowest BCUT2D eigenvalue weighted by Gasteiger charge is -2.36. The number of rotatable bonds is 3. The number of hydrogen-bond donors (Lipinski definition) is 0. The smallest absolute Gasteiger partial charge is 0.222 e. The highest BCUT2D eigenvalue weighted by Gasteiger charge is 2.22. The van der Waals surface area contributed by atoms with E-state index < -0.39 is 0 Å². The molecule has 126 valence electrons. The van der Waals surface area contributed by atoms with Gasteiger partial charge in [-0.05, 0) is 7.05 Å². The van der Waals surface area contributed by atoms with Crippen molar-refractivity contribution in [2.45, 2.75) is 13.3 Å². The number of carbonyl (C=O) groups excluding carboxylic acids is 1. The van der Waals surface area contributed by atoms with Gasteiger partial charge in [0.25, 0.3) is 0 Å². The van der Waals surface area contributed by atoms with Crippen LogP contribution in [0.5, 0.6) is 0 Å².